The zero-order valence-electron chi connectivity index (χ0n) is 13.2. The molecule has 0 bridgehead atoms. The van der Waals surface area contributed by atoms with Crippen LogP contribution in [0.3, 0.4) is 0 Å². The summed E-state index contributed by atoms with van der Waals surface area (Å²) >= 11 is 0. The van der Waals surface area contributed by atoms with E-state index in [4.69, 9.17) is 10.5 Å². The van der Waals surface area contributed by atoms with Gasteiger partial charge in [-0.25, -0.2) is 0 Å². The number of aryl methyl sites for hydroxylation is 2. The van der Waals surface area contributed by atoms with Crippen LogP contribution in [-0.2, 0) is 11.2 Å². The maximum absolute atomic E-state index is 6.39. The Morgan fingerprint density at radius 3 is 2.50 bits per heavy atom. The predicted octanol–water partition coefficient (Wildman–Crippen LogP) is 2.28. The van der Waals surface area contributed by atoms with Gasteiger partial charge in [-0.1, -0.05) is 29.3 Å². The van der Waals surface area contributed by atoms with Crippen LogP contribution in [-0.4, -0.2) is 42.8 Å². The van der Waals surface area contributed by atoms with Crippen molar-refractivity contribution >= 4 is 0 Å². The number of nitrogens with zero attached hydrogens (tertiary/aromatic N) is 1. The fourth-order valence-corrected chi connectivity index (χ4v) is 3.01. The predicted molar refractivity (Wildman–Crippen MR) is 84.0 cm³/mol. The minimum absolute atomic E-state index is 0.0674. The first kappa shape index (κ1) is 15.5. The second-order valence-electron chi connectivity index (χ2n) is 6.36. The molecule has 1 aromatic carbocycles. The number of benzene rings is 1. The van der Waals surface area contributed by atoms with Crippen LogP contribution >= 0.6 is 0 Å². The molecule has 1 saturated heterocycles. The average Bonchev–Trinajstić information content (AvgIpc) is 2.37. The molecule has 2 unspecified atom stereocenters. The molecule has 3 heteroatoms. The van der Waals surface area contributed by atoms with Gasteiger partial charge in [-0.05, 0) is 39.7 Å². The van der Waals surface area contributed by atoms with Crippen LogP contribution in [0, 0.1) is 13.8 Å². The van der Waals surface area contributed by atoms with Crippen molar-refractivity contribution in [3.63, 3.8) is 0 Å². The lowest BCUT2D eigenvalue weighted by molar-refractivity contribution is -0.0495. The summed E-state index contributed by atoms with van der Waals surface area (Å²) in [5.41, 5.74) is 10.3. The summed E-state index contributed by atoms with van der Waals surface area (Å²) < 4.78 is 5.89. The normalized spacial score (nSPS) is 22.2. The molecule has 2 N–H and O–H groups in total. The number of hydrogen-bond acceptors (Lipinski definition) is 3. The summed E-state index contributed by atoms with van der Waals surface area (Å²) in [6.07, 6.45) is 1.03. The molecule has 2 rings (SSSR count). The first-order valence-electron chi connectivity index (χ1n) is 7.64. The fourth-order valence-electron chi connectivity index (χ4n) is 3.01. The van der Waals surface area contributed by atoms with Crippen LogP contribution < -0.4 is 5.73 Å². The molecule has 0 radical (unpaired) electrons. The Hall–Kier alpha value is -0.900. The summed E-state index contributed by atoms with van der Waals surface area (Å²) in [6, 6.07) is 7.30. The lowest BCUT2D eigenvalue weighted by Crippen LogP contribution is -2.53. The topological polar surface area (TPSA) is 38.5 Å². The van der Waals surface area contributed by atoms with E-state index >= 15 is 0 Å². The van der Waals surface area contributed by atoms with Gasteiger partial charge < -0.3 is 10.5 Å². The van der Waals surface area contributed by atoms with Gasteiger partial charge in [0.15, 0.2) is 0 Å². The fraction of sp³-hybridized carbons (Fsp3) is 0.647. The van der Waals surface area contributed by atoms with E-state index < -0.39 is 0 Å². The van der Waals surface area contributed by atoms with E-state index in [0.29, 0.717) is 6.04 Å². The van der Waals surface area contributed by atoms with Crippen molar-refractivity contribution in [2.45, 2.75) is 52.3 Å². The van der Waals surface area contributed by atoms with E-state index in [0.717, 1.165) is 26.1 Å². The largest absolute Gasteiger partial charge is 0.374 e. The Labute approximate surface area is 123 Å². The van der Waals surface area contributed by atoms with Gasteiger partial charge in [0.2, 0.25) is 0 Å². The van der Waals surface area contributed by atoms with Crippen LogP contribution in [0.1, 0.15) is 30.5 Å². The van der Waals surface area contributed by atoms with Gasteiger partial charge in [-0.15, -0.1) is 0 Å². The third-order valence-corrected chi connectivity index (χ3v) is 4.09. The smallest absolute Gasteiger partial charge is 0.0856 e. The molecule has 0 amide bonds. The van der Waals surface area contributed by atoms with Gasteiger partial charge >= 0.3 is 0 Å². The Morgan fingerprint density at radius 2 is 1.90 bits per heavy atom. The number of rotatable bonds is 4. The maximum atomic E-state index is 6.39. The molecule has 0 spiro atoms. The Morgan fingerprint density at radius 1 is 1.25 bits per heavy atom. The second-order valence-corrected chi connectivity index (χ2v) is 6.36. The van der Waals surface area contributed by atoms with Crippen LogP contribution in [0.4, 0.5) is 0 Å². The zero-order valence-corrected chi connectivity index (χ0v) is 13.2. The average molecular weight is 276 g/mol. The van der Waals surface area contributed by atoms with Crippen molar-refractivity contribution in [3.8, 4) is 0 Å². The van der Waals surface area contributed by atoms with Crippen LogP contribution in [0.5, 0.6) is 0 Å². The van der Waals surface area contributed by atoms with Crippen molar-refractivity contribution < 1.29 is 4.74 Å². The Bertz CT molecular complexity index is 424. The molecule has 112 valence electrons. The summed E-state index contributed by atoms with van der Waals surface area (Å²) in [6.45, 7) is 11.5. The minimum atomic E-state index is 0.0674. The molecule has 0 aliphatic carbocycles. The lowest BCUT2D eigenvalue weighted by Gasteiger charge is -2.38. The summed E-state index contributed by atoms with van der Waals surface area (Å²) in [5.74, 6) is 0. The van der Waals surface area contributed by atoms with Gasteiger partial charge in [0.25, 0.3) is 0 Å². The van der Waals surface area contributed by atoms with Gasteiger partial charge in [0.1, 0.15) is 0 Å². The first-order chi connectivity index (χ1) is 9.45. The third kappa shape index (κ3) is 4.05. The van der Waals surface area contributed by atoms with Crippen molar-refractivity contribution in [1.29, 1.82) is 0 Å². The van der Waals surface area contributed by atoms with E-state index in [9.17, 15) is 0 Å². The number of ether oxygens (including phenoxy) is 1. The van der Waals surface area contributed by atoms with E-state index in [2.05, 4.69) is 50.8 Å². The molecule has 1 aliphatic rings. The first-order valence-corrected chi connectivity index (χ1v) is 7.64. The molecule has 0 saturated carbocycles. The second kappa shape index (κ2) is 6.70. The quantitative estimate of drug-likeness (QED) is 0.917. The zero-order chi connectivity index (χ0) is 14.7. The van der Waals surface area contributed by atoms with Crippen LogP contribution in [0.2, 0.25) is 0 Å². The highest BCUT2D eigenvalue weighted by Crippen LogP contribution is 2.16. The number of hydrogen-bond donors (Lipinski definition) is 1. The molecular weight excluding hydrogens is 248 g/mol. The van der Waals surface area contributed by atoms with Gasteiger partial charge in [-0.2, -0.15) is 0 Å². The van der Waals surface area contributed by atoms with E-state index in [1.165, 1.54) is 16.7 Å². The van der Waals surface area contributed by atoms with Crippen LogP contribution in [0.15, 0.2) is 18.2 Å². The van der Waals surface area contributed by atoms with Gasteiger partial charge in [0, 0.05) is 25.2 Å². The number of nitrogens with two attached hydrogens (primary N) is 1. The molecular formula is C17H28N2O. The van der Waals surface area contributed by atoms with Crippen molar-refractivity contribution in [2.75, 3.05) is 19.7 Å². The molecule has 3 nitrogen and oxygen atoms in total. The SMILES string of the molecule is Cc1cc(C)cc(CC(N)C2CN(C(C)C)CCO2)c1. The minimum Gasteiger partial charge on any atom is -0.374 e. The van der Waals surface area contributed by atoms with Gasteiger partial charge in [0.05, 0.1) is 12.7 Å². The van der Waals surface area contributed by atoms with E-state index in [1.807, 2.05) is 0 Å². The standard InChI is InChI=1S/C17H28N2O/c1-12(2)19-5-6-20-17(11-19)16(18)10-15-8-13(3)7-14(4)9-15/h7-9,12,16-17H,5-6,10-11,18H2,1-4H3. The Kier molecular flexibility index (Phi) is 5.19. The molecule has 20 heavy (non-hydrogen) atoms. The molecule has 1 aromatic rings. The molecule has 2 atom stereocenters. The molecule has 1 fully saturated rings. The monoisotopic (exact) mass is 276 g/mol. The Balaban J connectivity index is 1.98. The molecule has 0 aromatic heterocycles. The van der Waals surface area contributed by atoms with Crippen molar-refractivity contribution in [1.82, 2.24) is 4.90 Å². The highest BCUT2D eigenvalue weighted by atomic mass is 16.5. The van der Waals surface area contributed by atoms with E-state index in [-0.39, 0.29) is 12.1 Å². The molecule has 1 aliphatic heterocycles. The van der Waals surface area contributed by atoms with Crippen molar-refractivity contribution in [3.05, 3.63) is 34.9 Å². The maximum Gasteiger partial charge on any atom is 0.0856 e. The summed E-state index contributed by atoms with van der Waals surface area (Å²) in [5, 5.41) is 0. The third-order valence-electron chi connectivity index (χ3n) is 4.09. The number of morpholine rings is 1. The van der Waals surface area contributed by atoms with Gasteiger partial charge in [-0.3, -0.25) is 4.90 Å². The molecule has 1 heterocycles. The highest BCUT2D eigenvalue weighted by Gasteiger charge is 2.27. The van der Waals surface area contributed by atoms with Crippen molar-refractivity contribution in [2.24, 2.45) is 5.73 Å². The van der Waals surface area contributed by atoms with E-state index in [1.54, 1.807) is 0 Å². The van der Waals surface area contributed by atoms with Crippen LogP contribution in [0.25, 0.3) is 0 Å². The lowest BCUT2D eigenvalue weighted by atomic mass is 9.97. The highest BCUT2D eigenvalue weighted by molar-refractivity contribution is 5.29. The summed E-state index contributed by atoms with van der Waals surface area (Å²) in [7, 11) is 0. The summed E-state index contributed by atoms with van der Waals surface area (Å²) in [4.78, 5) is 2.45.